The zero-order valence-corrected chi connectivity index (χ0v) is 14.9. The molecule has 1 fully saturated rings. The van der Waals surface area contributed by atoms with Crippen molar-refractivity contribution in [3.05, 3.63) is 41.7 Å². The van der Waals surface area contributed by atoms with Crippen LogP contribution in [0.5, 0.6) is 5.75 Å². The molecule has 0 aliphatic carbocycles. The third-order valence-electron chi connectivity index (χ3n) is 4.09. The number of nitrogens with zero attached hydrogens (tertiary/aromatic N) is 3. The first kappa shape index (κ1) is 17.5. The topological polar surface area (TPSA) is 67.3 Å². The predicted octanol–water partition coefficient (Wildman–Crippen LogP) is 3.53. The van der Waals surface area contributed by atoms with E-state index in [2.05, 4.69) is 20.2 Å². The molecular weight excluding hydrogens is 340 g/mol. The molecule has 1 unspecified atom stereocenters. The second-order valence-corrected chi connectivity index (χ2v) is 6.40. The molecule has 1 N–H and O–H groups in total. The molecule has 1 aromatic carbocycles. The Hall–Kier alpha value is -2.34. The third kappa shape index (κ3) is 4.60. The number of rotatable bonds is 5. The van der Waals surface area contributed by atoms with Crippen molar-refractivity contribution in [2.75, 3.05) is 23.3 Å². The van der Waals surface area contributed by atoms with Crippen molar-refractivity contribution in [3.63, 3.8) is 0 Å². The highest BCUT2D eigenvalue weighted by molar-refractivity contribution is 6.32. The van der Waals surface area contributed by atoms with Crippen molar-refractivity contribution in [3.8, 4) is 5.75 Å². The predicted molar refractivity (Wildman–Crippen MR) is 98.3 cm³/mol. The molecule has 2 aromatic rings. The Morgan fingerprint density at radius 3 is 2.76 bits per heavy atom. The van der Waals surface area contributed by atoms with Crippen molar-refractivity contribution >= 4 is 29.1 Å². The van der Waals surface area contributed by atoms with Crippen molar-refractivity contribution in [2.45, 2.75) is 32.3 Å². The van der Waals surface area contributed by atoms with Crippen LogP contribution in [0.1, 0.15) is 26.2 Å². The number of nitrogens with one attached hydrogen (secondary N) is 1. The van der Waals surface area contributed by atoms with Crippen LogP contribution < -0.4 is 15.0 Å². The van der Waals surface area contributed by atoms with E-state index >= 15 is 0 Å². The molecule has 7 heteroatoms. The van der Waals surface area contributed by atoms with Gasteiger partial charge in [-0.1, -0.05) is 23.7 Å². The summed E-state index contributed by atoms with van der Waals surface area (Å²) in [5.41, 5.74) is 0. The van der Waals surface area contributed by atoms with E-state index in [0.29, 0.717) is 16.6 Å². The Labute approximate surface area is 152 Å². The Balaban J connectivity index is 1.63. The number of piperidine rings is 1. The molecule has 0 bridgehead atoms. The standard InChI is InChI=1S/C18H21ClN4O2/c1-13(25-15-8-4-3-7-14(15)19)18(24)22-16-11-17(21-12-20-16)23-9-5-2-6-10-23/h3-4,7-8,11-13H,2,5-6,9-10H2,1H3,(H,20,21,22,24). The van der Waals surface area contributed by atoms with Gasteiger partial charge in [0.2, 0.25) is 0 Å². The van der Waals surface area contributed by atoms with E-state index in [0.717, 1.165) is 31.7 Å². The summed E-state index contributed by atoms with van der Waals surface area (Å²) in [5, 5.41) is 3.25. The van der Waals surface area contributed by atoms with Gasteiger partial charge in [0.05, 0.1) is 5.02 Å². The second-order valence-electron chi connectivity index (χ2n) is 5.99. The number of para-hydroxylation sites is 1. The van der Waals surface area contributed by atoms with E-state index < -0.39 is 6.10 Å². The van der Waals surface area contributed by atoms with E-state index in [1.54, 1.807) is 31.2 Å². The SMILES string of the molecule is CC(Oc1ccccc1Cl)C(=O)Nc1cc(N2CCCCC2)ncn1. The van der Waals surface area contributed by atoms with Gasteiger partial charge in [-0.05, 0) is 38.3 Å². The zero-order valence-electron chi connectivity index (χ0n) is 14.1. The fourth-order valence-electron chi connectivity index (χ4n) is 2.72. The highest BCUT2D eigenvalue weighted by Crippen LogP contribution is 2.24. The molecule has 0 spiro atoms. The van der Waals surface area contributed by atoms with Crippen LogP contribution in [0.25, 0.3) is 0 Å². The highest BCUT2D eigenvalue weighted by atomic mass is 35.5. The van der Waals surface area contributed by atoms with Gasteiger partial charge in [0.15, 0.2) is 6.10 Å². The van der Waals surface area contributed by atoms with E-state index in [1.165, 1.54) is 12.7 Å². The number of ether oxygens (including phenoxy) is 1. The maximum Gasteiger partial charge on any atom is 0.266 e. The Kier molecular flexibility index (Phi) is 5.71. The lowest BCUT2D eigenvalue weighted by molar-refractivity contribution is -0.122. The molecule has 25 heavy (non-hydrogen) atoms. The van der Waals surface area contributed by atoms with Gasteiger partial charge in [-0.2, -0.15) is 0 Å². The fraction of sp³-hybridized carbons (Fsp3) is 0.389. The largest absolute Gasteiger partial charge is 0.479 e. The number of hydrogen-bond acceptors (Lipinski definition) is 5. The van der Waals surface area contributed by atoms with Crippen molar-refractivity contribution in [2.24, 2.45) is 0 Å². The first-order valence-corrected chi connectivity index (χ1v) is 8.80. The highest BCUT2D eigenvalue weighted by Gasteiger charge is 2.18. The number of amides is 1. The van der Waals surface area contributed by atoms with Gasteiger partial charge in [-0.3, -0.25) is 4.79 Å². The molecule has 1 aliphatic rings. The number of aromatic nitrogens is 2. The molecule has 3 rings (SSSR count). The first-order valence-electron chi connectivity index (χ1n) is 8.42. The summed E-state index contributed by atoms with van der Waals surface area (Å²) in [6.07, 6.45) is 4.35. The van der Waals surface area contributed by atoms with E-state index in [1.807, 2.05) is 6.07 Å². The Morgan fingerprint density at radius 1 is 1.24 bits per heavy atom. The van der Waals surface area contributed by atoms with Gasteiger partial charge in [0.25, 0.3) is 5.91 Å². The molecule has 1 aromatic heterocycles. The lowest BCUT2D eigenvalue weighted by Crippen LogP contribution is -2.32. The van der Waals surface area contributed by atoms with Crippen LogP contribution in [0, 0.1) is 0 Å². The number of benzene rings is 1. The summed E-state index contributed by atoms with van der Waals surface area (Å²) in [4.78, 5) is 23.0. The van der Waals surface area contributed by atoms with Gasteiger partial charge >= 0.3 is 0 Å². The van der Waals surface area contributed by atoms with Crippen LogP contribution >= 0.6 is 11.6 Å². The minimum absolute atomic E-state index is 0.289. The molecule has 2 heterocycles. The van der Waals surface area contributed by atoms with Crippen LogP contribution in [-0.2, 0) is 4.79 Å². The Bertz CT molecular complexity index is 735. The van der Waals surface area contributed by atoms with Gasteiger partial charge in [-0.25, -0.2) is 9.97 Å². The lowest BCUT2D eigenvalue weighted by Gasteiger charge is -2.27. The van der Waals surface area contributed by atoms with Crippen LogP contribution in [0.15, 0.2) is 36.7 Å². The summed E-state index contributed by atoms with van der Waals surface area (Å²) in [5.74, 6) is 1.49. The molecule has 0 saturated carbocycles. The summed E-state index contributed by atoms with van der Waals surface area (Å²) in [6.45, 7) is 3.64. The van der Waals surface area contributed by atoms with Crippen LogP contribution in [-0.4, -0.2) is 35.1 Å². The van der Waals surface area contributed by atoms with E-state index in [4.69, 9.17) is 16.3 Å². The monoisotopic (exact) mass is 360 g/mol. The minimum atomic E-state index is -0.701. The van der Waals surface area contributed by atoms with Crippen molar-refractivity contribution in [1.29, 1.82) is 0 Å². The Morgan fingerprint density at radius 2 is 2.00 bits per heavy atom. The van der Waals surface area contributed by atoms with Crippen molar-refractivity contribution < 1.29 is 9.53 Å². The molecule has 1 saturated heterocycles. The number of carbonyl (C=O) groups excluding carboxylic acids is 1. The summed E-state index contributed by atoms with van der Waals surface area (Å²) >= 11 is 6.06. The number of hydrogen-bond donors (Lipinski definition) is 1. The maximum atomic E-state index is 12.4. The molecule has 1 amide bonds. The minimum Gasteiger partial charge on any atom is -0.479 e. The lowest BCUT2D eigenvalue weighted by atomic mass is 10.1. The maximum absolute atomic E-state index is 12.4. The fourth-order valence-corrected chi connectivity index (χ4v) is 2.90. The van der Waals surface area contributed by atoms with Gasteiger partial charge in [0, 0.05) is 19.2 Å². The third-order valence-corrected chi connectivity index (χ3v) is 4.41. The number of halogens is 1. The zero-order chi connectivity index (χ0) is 17.6. The number of carbonyl (C=O) groups is 1. The van der Waals surface area contributed by atoms with Gasteiger partial charge in [-0.15, -0.1) is 0 Å². The van der Waals surface area contributed by atoms with Crippen LogP contribution in [0.2, 0.25) is 5.02 Å². The van der Waals surface area contributed by atoms with Gasteiger partial charge < -0.3 is 15.0 Å². The summed E-state index contributed by atoms with van der Waals surface area (Å²) in [7, 11) is 0. The summed E-state index contributed by atoms with van der Waals surface area (Å²) in [6, 6.07) is 8.86. The normalized spacial score (nSPS) is 15.5. The van der Waals surface area contributed by atoms with Crippen molar-refractivity contribution in [1.82, 2.24) is 9.97 Å². The molecule has 0 radical (unpaired) electrons. The average molecular weight is 361 g/mol. The molecular formula is C18H21ClN4O2. The molecule has 1 atom stereocenters. The van der Waals surface area contributed by atoms with Gasteiger partial charge in [0.1, 0.15) is 23.7 Å². The van der Waals surface area contributed by atoms with E-state index in [-0.39, 0.29) is 5.91 Å². The molecule has 1 aliphatic heterocycles. The first-order chi connectivity index (χ1) is 12.1. The molecule has 6 nitrogen and oxygen atoms in total. The second kappa shape index (κ2) is 8.16. The molecule has 132 valence electrons. The quantitative estimate of drug-likeness (QED) is 0.883. The van der Waals surface area contributed by atoms with Crippen LogP contribution in [0.3, 0.4) is 0 Å². The smallest absolute Gasteiger partial charge is 0.266 e. The van der Waals surface area contributed by atoms with E-state index in [9.17, 15) is 4.79 Å². The summed E-state index contributed by atoms with van der Waals surface area (Å²) < 4.78 is 5.63. The average Bonchev–Trinajstić information content (AvgIpc) is 2.64. The van der Waals surface area contributed by atoms with Crippen LogP contribution in [0.4, 0.5) is 11.6 Å². The number of anilines is 2.